The van der Waals surface area contributed by atoms with Crippen LogP contribution in [0.4, 0.5) is 0 Å². The lowest BCUT2D eigenvalue weighted by molar-refractivity contribution is -0.119. The van der Waals surface area contributed by atoms with Gasteiger partial charge in [-0.1, -0.05) is 0 Å². The van der Waals surface area contributed by atoms with E-state index in [4.69, 9.17) is 24.7 Å². The van der Waals surface area contributed by atoms with Gasteiger partial charge in [0.05, 0.1) is 19.8 Å². The van der Waals surface area contributed by atoms with Crippen molar-refractivity contribution < 1.29 is 28.5 Å². The van der Waals surface area contributed by atoms with E-state index in [9.17, 15) is 9.59 Å². The number of rotatable bonds is 6. The monoisotopic (exact) mass is 369 g/mol. The molecule has 2 N–H and O–H groups in total. The van der Waals surface area contributed by atoms with Crippen molar-refractivity contribution in [3.05, 3.63) is 52.8 Å². The molecule has 1 heterocycles. The summed E-state index contributed by atoms with van der Waals surface area (Å²) >= 11 is 0. The summed E-state index contributed by atoms with van der Waals surface area (Å²) in [6, 6.07) is 8.49. The van der Waals surface area contributed by atoms with E-state index >= 15 is 0 Å². The Labute approximate surface area is 156 Å². The van der Waals surface area contributed by atoms with Crippen molar-refractivity contribution in [1.82, 2.24) is 0 Å². The van der Waals surface area contributed by atoms with Gasteiger partial charge in [0.15, 0.2) is 12.4 Å². The molecular formula is C20H19NO6. The molecular weight excluding hydrogens is 350 g/mol. The highest BCUT2D eigenvalue weighted by molar-refractivity contribution is 6.15. The number of fused-ring (bicyclic) bond motifs is 1. The average Bonchev–Trinajstić information content (AvgIpc) is 2.95. The first kappa shape index (κ1) is 18.3. The number of allylic oxidation sites excluding steroid dienone is 1. The van der Waals surface area contributed by atoms with Gasteiger partial charge in [-0.2, -0.15) is 0 Å². The van der Waals surface area contributed by atoms with Crippen LogP contribution in [0.5, 0.6) is 23.0 Å². The normalized spacial score (nSPS) is 13.9. The molecule has 0 aromatic heterocycles. The number of primary amides is 1. The van der Waals surface area contributed by atoms with Crippen molar-refractivity contribution in [1.29, 1.82) is 0 Å². The molecule has 1 aliphatic rings. The number of aryl methyl sites for hydroxylation is 1. The second kappa shape index (κ2) is 7.41. The van der Waals surface area contributed by atoms with Gasteiger partial charge in [-0.05, 0) is 42.8 Å². The molecule has 140 valence electrons. The summed E-state index contributed by atoms with van der Waals surface area (Å²) in [5.41, 5.74) is 6.87. The van der Waals surface area contributed by atoms with Crippen LogP contribution in [-0.2, 0) is 4.79 Å². The standard InChI is InChI=1S/C20H19NO6/c1-11-6-14(26-10-18(21)22)9-16-19(11)20(23)17(27-16)8-12-7-13(24-2)4-5-15(12)25-3/h4-9H,10H2,1-3H3,(H2,21,22)/b17-8-. The van der Waals surface area contributed by atoms with Gasteiger partial charge in [0.2, 0.25) is 5.78 Å². The van der Waals surface area contributed by atoms with Gasteiger partial charge in [-0.15, -0.1) is 0 Å². The average molecular weight is 369 g/mol. The quantitative estimate of drug-likeness (QED) is 0.786. The van der Waals surface area contributed by atoms with E-state index in [1.807, 2.05) is 0 Å². The molecule has 7 nitrogen and oxygen atoms in total. The Morgan fingerprint density at radius 3 is 2.59 bits per heavy atom. The lowest BCUT2D eigenvalue weighted by Crippen LogP contribution is -2.20. The minimum Gasteiger partial charge on any atom is -0.497 e. The van der Waals surface area contributed by atoms with Gasteiger partial charge in [0, 0.05) is 11.6 Å². The Morgan fingerprint density at radius 1 is 1.15 bits per heavy atom. The largest absolute Gasteiger partial charge is 0.497 e. The summed E-state index contributed by atoms with van der Waals surface area (Å²) in [6.45, 7) is 1.52. The fourth-order valence-electron chi connectivity index (χ4n) is 2.81. The third kappa shape index (κ3) is 3.72. The summed E-state index contributed by atoms with van der Waals surface area (Å²) in [4.78, 5) is 23.7. The van der Waals surface area contributed by atoms with E-state index < -0.39 is 5.91 Å². The summed E-state index contributed by atoms with van der Waals surface area (Å²) in [7, 11) is 3.10. The number of carbonyl (C=O) groups excluding carboxylic acids is 2. The molecule has 1 aliphatic heterocycles. The lowest BCUT2D eigenvalue weighted by Gasteiger charge is -2.08. The van der Waals surface area contributed by atoms with E-state index in [1.165, 1.54) is 0 Å². The van der Waals surface area contributed by atoms with Crippen LogP contribution in [0.1, 0.15) is 21.5 Å². The minimum absolute atomic E-state index is 0.159. The van der Waals surface area contributed by atoms with E-state index in [1.54, 1.807) is 57.6 Å². The van der Waals surface area contributed by atoms with E-state index in [2.05, 4.69) is 0 Å². The first-order chi connectivity index (χ1) is 12.9. The third-order valence-electron chi connectivity index (χ3n) is 4.05. The molecule has 27 heavy (non-hydrogen) atoms. The van der Waals surface area contributed by atoms with Gasteiger partial charge in [-0.25, -0.2) is 0 Å². The fourth-order valence-corrected chi connectivity index (χ4v) is 2.81. The van der Waals surface area contributed by atoms with Gasteiger partial charge < -0.3 is 24.7 Å². The third-order valence-corrected chi connectivity index (χ3v) is 4.05. The van der Waals surface area contributed by atoms with Crippen molar-refractivity contribution in [2.75, 3.05) is 20.8 Å². The molecule has 7 heteroatoms. The van der Waals surface area contributed by atoms with E-state index in [0.29, 0.717) is 39.7 Å². The first-order valence-electron chi connectivity index (χ1n) is 8.15. The zero-order chi connectivity index (χ0) is 19.6. The smallest absolute Gasteiger partial charge is 0.255 e. The van der Waals surface area contributed by atoms with Gasteiger partial charge in [0.1, 0.15) is 23.0 Å². The molecule has 0 saturated heterocycles. The number of amides is 1. The number of ether oxygens (including phenoxy) is 4. The van der Waals surface area contributed by atoms with Crippen molar-refractivity contribution in [2.45, 2.75) is 6.92 Å². The van der Waals surface area contributed by atoms with Crippen LogP contribution in [0.2, 0.25) is 0 Å². The Balaban J connectivity index is 1.96. The van der Waals surface area contributed by atoms with Crippen LogP contribution in [0.15, 0.2) is 36.1 Å². The minimum atomic E-state index is -0.587. The summed E-state index contributed by atoms with van der Waals surface area (Å²) in [5, 5.41) is 0. The number of ketones is 1. The highest BCUT2D eigenvalue weighted by Gasteiger charge is 2.30. The second-order valence-corrected chi connectivity index (χ2v) is 5.92. The van der Waals surface area contributed by atoms with Gasteiger partial charge in [-0.3, -0.25) is 9.59 Å². The van der Waals surface area contributed by atoms with Crippen molar-refractivity contribution in [2.24, 2.45) is 5.73 Å². The number of methoxy groups -OCH3 is 2. The van der Waals surface area contributed by atoms with Crippen LogP contribution in [0, 0.1) is 6.92 Å². The topological polar surface area (TPSA) is 97.1 Å². The highest BCUT2D eigenvalue weighted by Crippen LogP contribution is 2.38. The number of Topliss-reactive ketones (excluding diaryl/α,β-unsaturated/α-hetero) is 1. The van der Waals surface area contributed by atoms with Crippen molar-refractivity contribution >= 4 is 17.8 Å². The van der Waals surface area contributed by atoms with Crippen molar-refractivity contribution in [3.8, 4) is 23.0 Å². The molecule has 0 spiro atoms. The zero-order valence-electron chi connectivity index (χ0n) is 15.2. The fraction of sp³-hybridized carbons (Fsp3) is 0.200. The predicted molar refractivity (Wildman–Crippen MR) is 98.3 cm³/mol. The number of nitrogens with two attached hydrogens (primary N) is 1. The summed E-state index contributed by atoms with van der Waals surface area (Å²) < 4.78 is 21.6. The predicted octanol–water partition coefficient (Wildman–Crippen LogP) is 2.49. The lowest BCUT2D eigenvalue weighted by atomic mass is 10.0. The van der Waals surface area contributed by atoms with Crippen molar-refractivity contribution in [3.63, 3.8) is 0 Å². The molecule has 1 amide bonds. The zero-order valence-corrected chi connectivity index (χ0v) is 15.2. The molecule has 2 aromatic carbocycles. The molecule has 0 atom stereocenters. The number of benzene rings is 2. The van der Waals surface area contributed by atoms with Crippen LogP contribution < -0.4 is 24.7 Å². The molecule has 0 bridgehead atoms. The summed E-state index contributed by atoms with van der Waals surface area (Å²) in [6.07, 6.45) is 1.60. The highest BCUT2D eigenvalue weighted by atomic mass is 16.5. The number of carbonyl (C=O) groups is 2. The molecule has 0 saturated carbocycles. The van der Waals surface area contributed by atoms with E-state index in [-0.39, 0.29) is 18.1 Å². The second-order valence-electron chi connectivity index (χ2n) is 5.92. The Hall–Kier alpha value is -3.48. The van der Waals surface area contributed by atoms with Crippen LogP contribution >= 0.6 is 0 Å². The SMILES string of the molecule is COc1ccc(OC)c(/C=C2\Oc3cc(OCC(N)=O)cc(C)c3C2=O)c1. The molecule has 3 rings (SSSR count). The number of hydrogen-bond acceptors (Lipinski definition) is 6. The van der Waals surface area contributed by atoms with Gasteiger partial charge >= 0.3 is 0 Å². The maximum atomic E-state index is 12.8. The maximum absolute atomic E-state index is 12.8. The molecule has 0 aliphatic carbocycles. The molecule has 0 fully saturated rings. The molecule has 2 aromatic rings. The Bertz CT molecular complexity index is 948. The molecule has 0 unspecified atom stereocenters. The maximum Gasteiger partial charge on any atom is 0.255 e. The van der Waals surface area contributed by atoms with Crippen LogP contribution in [0.25, 0.3) is 6.08 Å². The van der Waals surface area contributed by atoms with Crippen LogP contribution in [-0.4, -0.2) is 32.5 Å². The molecule has 0 radical (unpaired) electrons. The Morgan fingerprint density at radius 2 is 1.93 bits per heavy atom. The first-order valence-corrected chi connectivity index (χ1v) is 8.15. The van der Waals surface area contributed by atoms with E-state index in [0.717, 1.165) is 0 Å². The number of hydrogen-bond donors (Lipinski definition) is 1. The Kier molecular flexibility index (Phi) is 5.03. The van der Waals surface area contributed by atoms with Gasteiger partial charge in [0.25, 0.3) is 5.91 Å². The van der Waals surface area contributed by atoms with Crippen LogP contribution in [0.3, 0.4) is 0 Å². The summed E-state index contributed by atoms with van der Waals surface area (Å²) in [5.74, 6) is 1.31.